The molecule has 0 radical (unpaired) electrons. The van der Waals surface area contributed by atoms with Crippen LogP contribution in [0.15, 0.2) is 35.3 Å². The van der Waals surface area contributed by atoms with Gasteiger partial charge in [0.1, 0.15) is 5.56 Å². The van der Waals surface area contributed by atoms with Gasteiger partial charge in [0.25, 0.3) is 5.91 Å². The van der Waals surface area contributed by atoms with Gasteiger partial charge in [-0.2, -0.15) is 0 Å². The normalized spacial score (nSPS) is 11.0. The first-order valence-corrected chi connectivity index (χ1v) is 7.45. The second-order valence-corrected chi connectivity index (χ2v) is 5.61. The van der Waals surface area contributed by atoms with E-state index in [4.69, 9.17) is 0 Å². The lowest BCUT2D eigenvalue weighted by atomic mass is 10.1. The number of carbonyl (C=O) groups is 1. The first-order chi connectivity index (χ1) is 10.0. The second-order valence-electron chi connectivity index (χ2n) is 5.61. The van der Waals surface area contributed by atoms with Gasteiger partial charge in [-0.25, -0.2) is 0 Å². The van der Waals surface area contributed by atoms with Crippen molar-refractivity contribution in [3.63, 3.8) is 0 Å². The molecule has 0 aliphatic heterocycles. The van der Waals surface area contributed by atoms with Gasteiger partial charge < -0.3 is 9.88 Å². The summed E-state index contributed by atoms with van der Waals surface area (Å²) in [5.41, 5.74) is 0.889. The molecule has 1 heterocycles. The Labute approximate surface area is 124 Å². The number of hydrogen-bond acceptors (Lipinski definition) is 2. The highest BCUT2D eigenvalue weighted by atomic mass is 16.2. The molecule has 2 rings (SSSR count). The number of fused-ring (bicyclic) bond motifs is 1. The number of para-hydroxylation sites is 1. The largest absolute Gasteiger partial charge is 0.352 e. The van der Waals surface area contributed by atoms with Gasteiger partial charge in [-0.15, -0.1) is 0 Å². The highest BCUT2D eigenvalue weighted by Gasteiger charge is 2.14. The van der Waals surface area contributed by atoms with Crippen molar-refractivity contribution in [1.82, 2.24) is 9.88 Å². The average molecular weight is 286 g/mol. The zero-order valence-electron chi connectivity index (χ0n) is 12.8. The van der Waals surface area contributed by atoms with E-state index in [0.29, 0.717) is 24.4 Å². The van der Waals surface area contributed by atoms with Crippen LogP contribution in [0, 0.1) is 5.92 Å². The summed E-state index contributed by atoms with van der Waals surface area (Å²) >= 11 is 0. The van der Waals surface area contributed by atoms with Gasteiger partial charge in [-0.3, -0.25) is 9.59 Å². The van der Waals surface area contributed by atoms with Crippen molar-refractivity contribution in [3.8, 4) is 0 Å². The molecule has 0 aliphatic carbocycles. The fourth-order valence-corrected chi connectivity index (χ4v) is 2.34. The number of hydrogen-bond donors (Lipinski definition) is 1. The van der Waals surface area contributed by atoms with Crippen LogP contribution in [0.3, 0.4) is 0 Å². The van der Waals surface area contributed by atoms with Gasteiger partial charge in [0.15, 0.2) is 0 Å². The zero-order chi connectivity index (χ0) is 15.4. The third-order valence-corrected chi connectivity index (χ3v) is 3.58. The van der Waals surface area contributed by atoms with Gasteiger partial charge in [-0.1, -0.05) is 26.0 Å². The Hall–Kier alpha value is -2.10. The number of nitrogens with zero attached hydrogens (tertiary/aromatic N) is 1. The second kappa shape index (κ2) is 6.57. The molecule has 0 saturated carbocycles. The number of rotatable bonds is 5. The van der Waals surface area contributed by atoms with E-state index in [1.807, 2.05) is 29.7 Å². The van der Waals surface area contributed by atoms with Crippen LogP contribution in [0.5, 0.6) is 0 Å². The van der Waals surface area contributed by atoms with Crippen molar-refractivity contribution in [2.24, 2.45) is 5.92 Å². The molecular weight excluding hydrogens is 264 g/mol. The summed E-state index contributed by atoms with van der Waals surface area (Å²) in [6, 6.07) is 7.40. The quantitative estimate of drug-likeness (QED) is 0.919. The molecule has 21 heavy (non-hydrogen) atoms. The van der Waals surface area contributed by atoms with Crippen LogP contribution in [-0.2, 0) is 6.54 Å². The van der Waals surface area contributed by atoms with Crippen LogP contribution < -0.4 is 10.7 Å². The van der Waals surface area contributed by atoms with E-state index in [9.17, 15) is 9.59 Å². The Morgan fingerprint density at radius 2 is 2.00 bits per heavy atom. The van der Waals surface area contributed by atoms with Gasteiger partial charge >= 0.3 is 0 Å². The molecule has 0 spiro atoms. The predicted molar refractivity (Wildman–Crippen MR) is 85.7 cm³/mol. The molecule has 0 saturated heterocycles. The van der Waals surface area contributed by atoms with Crippen LogP contribution >= 0.6 is 0 Å². The average Bonchev–Trinajstić information content (AvgIpc) is 2.47. The summed E-state index contributed by atoms with van der Waals surface area (Å²) in [4.78, 5) is 24.7. The van der Waals surface area contributed by atoms with Crippen LogP contribution in [-0.4, -0.2) is 17.0 Å². The van der Waals surface area contributed by atoms with E-state index in [1.165, 1.54) is 0 Å². The third-order valence-electron chi connectivity index (χ3n) is 3.58. The molecule has 1 aromatic carbocycles. The van der Waals surface area contributed by atoms with Gasteiger partial charge in [0, 0.05) is 24.7 Å². The van der Waals surface area contributed by atoms with E-state index in [2.05, 4.69) is 19.2 Å². The Kier molecular flexibility index (Phi) is 4.78. The van der Waals surface area contributed by atoms with Crippen molar-refractivity contribution in [3.05, 3.63) is 46.2 Å². The Morgan fingerprint density at radius 1 is 1.29 bits per heavy atom. The molecule has 1 N–H and O–H groups in total. The van der Waals surface area contributed by atoms with Crippen LogP contribution in [0.4, 0.5) is 0 Å². The van der Waals surface area contributed by atoms with Gasteiger partial charge in [-0.05, 0) is 31.4 Å². The van der Waals surface area contributed by atoms with Crippen molar-refractivity contribution in [2.45, 2.75) is 33.7 Å². The van der Waals surface area contributed by atoms with E-state index >= 15 is 0 Å². The van der Waals surface area contributed by atoms with Crippen molar-refractivity contribution < 1.29 is 4.79 Å². The summed E-state index contributed by atoms with van der Waals surface area (Å²) in [5.74, 6) is 0.239. The Bertz CT molecular complexity index is 701. The van der Waals surface area contributed by atoms with E-state index in [-0.39, 0.29) is 16.9 Å². The summed E-state index contributed by atoms with van der Waals surface area (Å²) < 4.78 is 1.94. The number of benzene rings is 1. The number of carbonyl (C=O) groups excluding carboxylic acids is 1. The SMILES string of the molecule is CCn1cc(C(=O)NCCC(C)C)c(=O)c2ccccc21. The van der Waals surface area contributed by atoms with E-state index in [0.717, 1.165) is 11.9 Å². The maximum absolute atomic E-state index is 12.5. The number of nitrogens with one attached hydrogen (secondary N) is 1. The topological polar surface area (TPSA) is 51.1 Å². The van der Waals surface area contributed by atoms with Crippen molar-refractivity contribution >= 4 is 16.8 Å². The summed E-state index contributed by atoms with van der Waals surface area (Å²) in [7, 11) is 0. The van der Waals surface area contributed by atoms with Crippen molar-refractivity contribution in [2.75, 3.05) is 6.54 Å². The smallest absolute Gasteiger partial charge is 0.256 e. The molecule has 4 heteroatoms. The van der Waals surface area contributed by atoms with Crippen LogP contribution in [0.2, 0.25) is 0 Å². The summed E-state index contributed by atoms with van der Waals surface area (Å²) in [5, 5.41) is 3.43. The molecule has 0 fully saturated rings. The predicted octanol–water partition coefficient (Wildman–Crippen LogP) is 2.80. The van der Waals surface area contributed by atoms with Gasteiger partial charge in [0.2, 0.25) is 5.43 Å². The maximum Gasteiger partial charge on any atom is 0.256 e. The lowest BCUT2D eigenvalue weighted by Gasteiger charge is -2.12. The van der Waals surface area contributed by atoms with E-state index < -0.39 is 0 Å². The fraction of sp³-hybridized carbons (Fsp3) is 0.412. The molecule has 2 aromatic rings. The number of pyridine rings is 1. The first-order valence-electron chi connectivity index (χ1n) is 7.45. The van der Waals surface area contributed by atoms with Crippen LogP contribution in [0.1, 0.15) is 37.6 Å². The third kappa shape index (κ3) is 3.32. The Morgan fingerprint density at radius 3 is 2.67 bits per heavy atom. The molecule has 1 amide bonds. The molecule has 4 nitrogen and oxygen atoms in total. The zero-order valence-corrected chi connectivity index (χ0v) is 12.8. The Balaban J connectivity index is 2.38. The molecule has 0 atom stereocenters. The fourth-order valence-electron chi connectivity index (χ4n) is 2.34. The molecule has 112 valence electrons. The molecule has 0 bridgehead atoms. The highest BCUT2D eigenvalue weighted by Crippen LogP contribution is 2.11. The lowest BCUT2D eigenvalue weighted by molar-refractivity contribution is 0.0950. The molecule has 1 aromatic heterocycles. The minimum absolute atomic E-state index is 0.197. The molecule has 0 aliphatic rings. The minimum Gasteiger partial charge on any atom is -0.352 e. The monoisotopic (exact) mass is 286 g/mol. The first kappa shape index (κ1) is 15.3. The highest BCUT2D eigenvalue weighted by molar-refractivity contribution is 5.97. The van der Waals surface area contributed by atoms with Crippen LogP contribution in [0.25, 0.3) is 10.9 Å². The number of amides is 1. The van der Waals surface area contributed by atoms with Crippen molar-refractivity contribution in [1.29, 1.82) is 0 Å². The summed E-state index contributed by atoms with van der Waals surface area (Å²) in [6.07, 6.45) is 2.57. The molecule has 0 unspecified atom stereocenters. The minimum atomic E-state index is -0.284. The summed E-state index contributed by atoms with van der Waals surface area (Å²) in [6.45, 7) is 7.51. The van der Waals surface area contributed by atoms with Gasteiger partial charge in [0.05, 0.1) is 5.52 Å². The maximum atomic E-state index is 12.5. The van der Waals surface area contributed by atoms with E-state index in [1.54, 1.807) is 12.3 Å². The lowest BCUT2D eigenvalue weighted by Crippen LogP contribution is -2.31. The standard InChI is InChI=1S/C17H22N2O2/c1-4-19-11-14(17(21)18-10-9-12(2)3)16(20)13-7-5-6-8-15(13)19/h5-8,11-12H,4,9-10H2,1-3H3,(H,18,21). The number of aromatic nitrogens is 1. The molecular formula is C17H22N2O2. The number of aryl methyl sites for hydroxylation is 1.